The van der Waals surface area contributed by atoms with E-state index in [0.29, 0.717) is 41.5 Å². The molecule has 7 heterocycles. The summed E-state index contributed by atoms with van der Waals surface area (Å²) in [7, 11) is -48.0. The highest BCUT2D eigenvalue weighted by atomic mass is 28.6. The Kier molecular flexibility index (Phi) is 13.6. The molecule has 8 aromatic rings. The summed E-state index contributed by atoms with van der Waals surface area (Å²) in [5.74, 6) is 0. The maximum atomic E-state index is 11.0. The molecule has 15 rings (SSSR count). The quantitative estimate of drug-likeness (QED) is 0.152. The predicted molar refractivity (Wildman–Crippen MR) is 332 cm³/mol. The largest absolute Gasteiger partial charge is 0.524 e. The minimum absolute atomic E-state index is 0.187. The van der Waals surface area contributed by atoms with Crippen molar-refractivity contribution in [3.05, 3.63) is 243 Å². The first-order valence-corrected chi connectivity index (χ1v) is 47.6. The lowest BCUT2D eigenvalue weighted by Gasteiger charge is -2.76. The molecule has 7 aliphatic heterocycles. The van der Waals surface area contributed by atoms with Crippen LogP contribution in [0, 0.1) is 0 Å². The fourth-order valence-electron chi connectivity index (χ4n) is 13.3. The van der Waals surface area contributed by atoms with Crippen LogP contribution < -0.4 is 41.5 Å². The van der Waals surface area contributed by atoms with Gasteiger partial charge in [0.2, 0.25) is 10.1 Å². The summed E-state index contributed by atoms with van der Waals surface area (Å²) >= 11 is 0. The molecular weight excluding hydrogens is 1230 g/mol. The fraction of sp³-hybridized carbons (Fsp3) is 0.172. The Hall–Kier alpha value is -4.71. The SMILES string of the molecule is C[Si]1(CCCO)O[Si]2(c3ccccc3)OC34O[Si](c5ccccc5)(O2)O[Si]2(c5ccccc5)O[Si](C)(CCCO)O[Si]5(c6ccccc6)OC6(O[Si](c7ccccc7)(O5)O[Si](c5ccccc5)(O1)O[Si]63c1ccccc1)[Si]4(c1ccccc1)O2. The summed E-state index contributed by atoms with van der Waals surface area (Å²) in [6, 6.07) is 79.0. The Morgan fingerprint density at radius 3 is 0.714 bits per heavy atom. The summed E-state index contributed by atoms with van der Waals surface area (Å²) in [6.45, 7) is 3.59. The Morgan fingerprint density at radius 1 is 0.262 bits per heavy atom. The Labute approximate surface area is 497 Å². The minimum Gasteiger partial charge on any atom is -0.401 e. The summed E-state index contributed by atoms with van der Waals surface area (Å²) < 4.78 is 119. The van der Waals surface area contributed by atoms with Crippen LogP contribution >= 0.6 is 0 Å². The zero-order valence-electron chi connectivity index (χ0n) is 45.9. The molecule has 0 saturated carbocycles. The second-order valence-electron chi connectivity index (χ2n) is 22.2. The van der Waals surface area contributed by atoms with Crippen molar-refractivity contribution in [2.75, 3.05) is 13.2 Å². The van der Waals surface area contributed by atoms with Gasteiger partial charge in [0, 0.05) is 44.3 Å². The van der Waals surface area contributed by atoms with Gasteiger partial charge >= 0.3 is 86.6 Å². The van der Waals surface area contributed by atoms with Crippen molar-refractivity contribution in [1.29, 1.82) is 0 Å². The predicted octanol–water partition coefficient (Wildman–Crippen LogP) is 3.55. The third kappa shape index (κ3) is 7.99. The van der Waals surface area contributed by atoms with E-state index in [2.05, 4.69) is 0 Å². The molecule has 0 amide bonds. The molecule has 2 N–H and O–H groups in total. The molecule has 428 valence electrons. The van der Waals surface area contributed by atoms with E-state index in [9.17, 15) is 10.2 Å². The molecule has 26 heteroatoms. The van der Waals surface area contributed by atoms with Gasteiger partial charge in [0.25, 0.3) is 0 Å². The summed E-state index contributed by atoms with van der Waals surface area (Å²) in [6.07, 6.45) is 0.531. The van der Waals surface area contributed by atoms with Crippen LogP contribution in [0.4, 0.5) is 0 Å². The molecule has 8 aromatic carbocycles. The monoisotopic (exact) mass is 1290 g/mol. The van der Waals surface area contributed by atoms with Crippen molar-refractivity contribution in [2.45, 2.75) is 48.1 Å². The Balaban J connectivity index is 1.23. The number of fused-ring (bicyclic) bond motifs is 6. The van der Waals surface area contributed by atoms with E-state index in [4.69, 9.17) is 58.9 Å². The number of aliphatic hydroxyl groups excluding tert-OH is 2. The standard InChI is InChI=1S/C58H60O16Si10/c1-75(47-27-45-59)65-79(51-33-15-5-16-34-51)61-57-63-81(71-79,53-37-19-7-20-38-53)74-84(56-43-25-10-26-44-56)68-76(2,48-28-46-60)66-80(52-35-17-6-18-36-52)62-58(78(57,70-84)50-31-13-4-14-32-50)64-82(72-80,54-39-21-8-22-40-54)73-83(67-75,55-41-23-9-24-42-55)69-77(57,58)49-29-11-3-12-30-49/h3-26,29-44,59-60H,27-28,45-48H2,1-2H3. The van der Waals surface area contributed by atoms with Gasteiger partial charge in [0.05, 0.1) is 0 Å². The molecule has 0 aliphatic carbocycles. The summed E-state index contributed by atoms with van der Waals surface area (Å²) in [4.78, 5) is 0. The van der Waals surface area contributed by atoms with E-state index in [0.717, 1.165) is 0 Å². The molecule has 0 aromatic heterocycles. The smallest absolute Gasteiger partial charge is 0.401 e. The Morgan fingerprint density at radius 2 is 0.464 bits per heavy atom. The average molecular weight is 1290 g/mol. The number of hydrogen-bond donors (Lipinski definition) is 2. The van der Waals surface area contributed by atoms with Gasteiger partial charge in [-0.15, -0.1) is 0 Å². The van der Waals surface area contributed by atoms with Crippen LogP contribution in [-0.2, 0) is 58.9 Å². The lowest BCUT2D eigenvalue weighted by atomic mass is 10.4. The normalized spacial score (nSPS) is 38.0. The molecule has 7 fully saturated rings. The number of hydrogen-bond acceptors (Lipinski definition) is 16. The summed E-state index contributed by atoms with van der Waals surface area (Å²) in [5.41, 5.74) is 0. The van der Waals surface area contributed by atoms with Crippen molar-refractivity contribution in [2.24, 2.45) is 0 Å². The second-order valence-corrected chi connectivity index (χ2v) is 54.4. The van der Waals surface area contributed by atoms with Crippen molar-refractivity contribution in [1.82, 2.24) is 0 Å². The van der Waals surface area contributed by atoms with Gasteiger partial charge in [-0.2, -0.15) is 0 Å². The molecule has 2 spiro atoms. The number of aliphatic hydroxyl groups is 2. The highest BCUT2D eigenvalue weighted by Crippen LogP contribution is 2.70. The van der Waals surface area contributed by atoms with Gasteiger partial charge in [-0.1, -0.05) is 243 Å². The highest BCUT2D eigenvalue weighted by Gasteiger charge is 3.08. The lowest BCUT2D eigenvalue weighted by molar-refractivity contribution is -0.179. The van der Waals surface area contributed by atoms with Gasteiger partial charge in [-0.3, -0.25) is 0 Å². The van der Waals surface area contributed by atoms with Crippen LogP contribution in [0.25, 0.3) is 0 Å². The molecule has 10 bridgehead atoms. The Bertz CT molecular complexity index is 3450. The zero-order valence-corrected chi connectivity index (χ0v) is 55.9. The van der Waals surface area contributed by atoms with E-state index in [1.807, 2.05) is 256 Å². The van der Waals surface area contributed by atoms with Crippen LogP contribution in [0.5, 0.6) is 0 Å². The molecule has 16 nitrogen and oxygen atoms in total. The number of benzene rings is 8. The van der Waals surface area contributed by atoms with Crippen molar-refractivity contribution in [3.63, 3.8) is 0 Å². The van der Waals surface area contributed by atoms with Gasteiger partial charge in [0.15, 0.2) is 0 Å². The van der Waals surface area contributed by atoms with E-state index in [1.165, 1.54) is 0 Å². The third-order valence-corrected chi connectivity index (χ3v) is 64.8. The first-order chi connectivity index (χ1) is 40.9. The van der Waals surface area contributed by atoms with Gasteiger partial charge in [-0.05, 0) is 48.4 Å². The molecule has 8 atom stereocenters. The topological polar surface area (TPSA) is 170 Å². The first kappa shape index (κ1) is 55.8. The van der Waals surface area contributed by atoms with Gasteiger partial charge in [0.1, 0.15) is 0 Å². The van der Waals surface area contributed by atoms with Crippen LogP contribution in [0.1, 0.15) is 12.8 Å². The van der Waals surface area contributed by atoms with E-state index < -0.39 is 96.7 Å². The zero-order chi connectivity index (χ0) is 57.0. The average Bonchev–Trinajstić information content (AvgIpc) is 1.15. The second kappa shape index (κ2) is 20.4. The first-order valence-electron chi connectivity index (χ1n) is 28.3. The van der Waals surface area contributed by atoms with E-state index >= 15 is 0 Å². The van der Waals surface area contributed by atoms with E-state index in [-0.39, 0.29) is 38.1 Å². The maximum absolute atomic E-state index is 11.0. The molecule has 84 heavy (non-hydrogen) atoms. The molecular formula is C58H60O16Si10. The lowest BCUT2D eigenvalue weighted by Crippen LogP contribution is -3.14. The third-order valence-electron chi connectivity index (χ3n) is 16.7. The molecule has 7 aliphatic rings. The van der Waals surface area contributed by atoms with Gasteiger partial charge < -0.3 is 69.1 Å². The summed E-state index contributed by atoms with van der Waals surface area (Å²) in [5, 5.41) is 22.5. The minimum atomic E-state index is -5.12. The molecule has 8 unspecified atom stereocenters. The van der Waals surface area contributed by atoms with Crippen molar-refractivity contribution < 1.29 is 69.1 Å². The highest BCUT2D eigenvalue weighted by molar-refractivity contribution is 7.30. The fourth-order valence-corrected chi connectivity index (χ4v) is 78.1. The van der Waals surface area contributed by atoms with Crippen LogP contribution in [-0.4, -0.2) is 120 Å². The molecule has 0 radical (unpaired) electrons. The molecule has 7 saturated heterocycles. The van der Waals surface area contributed by atoms with Crippen molar-refractivity contribution >= 4 is 128 Å². The van der Waals surface area contributed by atoms with E-state index in [1.54, 1.807) is 0 Å². The van der Waals surface area contributed by atoms with Gasteiger partial charge in [-0.25, -0.2) is 0 Å². The van der Waals surface area contributed by atoms with Crippen LogP contribution in [0.2, 0.25) is 25.2 Å². The number of rotatable bonds is 14. The van der Waals surface area contributed by atoms with Crippen LogP contribution in [0.15, 0.2) is 243 Å². The maximum Gasteiger partial charge on any atom is 0.524 e. The van der Waals surface area contributed by atoms with Crippen molar-refractivity contribution in [3.8, 4) is 0 Å². The van der Waals surface area contributed by atoms with Crippen LogP contribution in [0.3, 0.4) is 0 Å².